The maximum Gasteiger partial charge on any atom is 0.408 e. The molecule has 0 aromatic carbocycles. The lowest BCUT2D eigenvalue weighted by Crippen LogP contribution is -2.50. The van der Waals surface area contributed by atoms with Gasteiger partial charge in [0.15, 0.2) is 0 Å². The Morgan fingerprint density at radius 1 is 1.50 bits per heavy atom. The zero-order valence-electron chi connectivity index (χ0n) is 7.64. The largest absolute Gasteiger partial charge is 0.480 e. The predicted molar refractivity (Wildman–Crippen MR) is 50.6 cm³/mol. The predicted octanol–water partition coefficient (Wildman–Crippen LogP) is -0.0375. The summed E-state index contributed by atoms with van der Waals surface area (Å²) in [6, 6.07) is -0.391. The molecule has 0 spiro atoms. The van der Waals surface area contributed by atoms with Gasteiger partial charge in [-0.3, -0.25) is 4.90 Å². The van der Waals surface area contributed by atoms with Crippen LogP contribution in [0.15, 0.2) is 0 Å². The molecule has 7 heteroatoms. The quantitative estimate of drug-likeness (QED) is 0.580. The molecule has 1 aliphatic rings. The Balaban J connectivity index is 0.00000169. The average Bonchev–Trinajstić information content (AvgIpc) is 2.27. The summed E-state index contributed by atoms with van der Waals surface area (Å²) in [6.45, 7) is 1.45. The molecule has 82 valence electrons. The molecule has 0 bridgehead atoms. The lowest BCUT2D eigenvalue weighted by molar-refractivity contribution is -0.147. The molecule has 1 heterocycles. The number of likely N-dealkylation sites (tertiary alicyclic amines) is 1. The fourth-order valence-electron chi connectivity index (χ4n) is 1.61. The van der Waals surface area contributed by atoms with Gasteiger partial charge in [0.2, 0.25) is 0 Å². The molecule has 14 heavy (non-hydrogen) atoms. The molecule has 1 rings (SSSR count). The maximum absolute atomic E-state index is 10.8. The van der Waals surface area contributed by atoms with Gasteiger partial charge >= 0.3 is 12.1 Å². The highest BCUT2D eigenvalue weighted by molar-refractivity contribution is 5.85. The summed E-state index contributed by atoms with van der Waals surface area (Å²) < 4.78 is 0. The van der Waals surface area contributed by atoms with Gasteiger partial charge in [0, 0.05) is 12.6 Å². The van der Waals surface area contributed by atoms with E-state index in [9.17, 15) is 9.59 Å². The number of nitrogens with zero attached hydrogens (tertiary/aromatic N) is 1. The summed E-state index contributed by atoms with van der Waals surface area (Å²) in [6.07, 6.45) is -1.08. The first-order valence-corrected chi connectivity index (χ1v) is 3.87. The third-order valence-electron chi connectivity index (χ3n) is 2.36. The van der Waals surface area contributed by atoms with Crippen LogP contribution in [0, 0.1) is 0 Å². The van der Waals surface area contributed by atoms with Crippen LogP contribution in [0.2, 0.25) is 0 Å². The van der Waals surface area contributed by atoms with E-state index in [2.05, 4.69) is 0 Å². The van der Waals surface area contributed by atoms with Crippen molar-refractivity contribution < 1.29 is 19.8 Å². The van der Waals surface area contributed by atoms with Crippen LogP contribution >= 0.6 is 12.4 Å². The summed E-state index contributed by atoms with van der Waals surface area (Å²) in [4.78, 5) is 22.4. The van der Waals surface area contributed by atoms with E-state index in [0.29, 0.717) is 0 Å². The van der Waals surface area contributed by atoms with Gasteiger partial charge < -0.3 is 15.9 Å². The topological polar surface area (TPSA) is 104 Å². The fourth-order valence-corrected chi connectivity index (χ4v) is 1.61. The highest BCUT2D eigenvalue weighted by Gasteiger charge is 2.49. The zero-order valence-corrected chi connectivity index (χ0v) is 8.45. The number of carboxylic acid groups (broad SMARTS) is 2. The summed E-state index contributed by atoms with van der Waals surface area (Å²) in [5, 5.41) is 17.6. The van der Waals surface area contributed by atoms with E-state index >= 15 is 0 Å². The summed E-state index contributed by atoms with van der Waals surface area (Å²) in [7, 11) is 0. The van der Waals surface area contributed by atoms with E-state index in [1.54, 1.807) is 0 Å². The van der Waals surface area contributed by atoms with Gasteiger partial charge in [0.25, 0.3) is 0 Å². The molecule has 0 aromatic rings. The molecular formula is C7H13ClN2O4. The second-order valence-corrected chi connectivity index (χ2v) is 3.44. The molecule has 6 nitrogen and oxygen atoms in total. The molecule has 1 saturated heterocycles. The molecule has 0 saturated carbocycles. The Morgan fingerprint density at radius 2 is 2.00 bits per heavy atom. The van der Waals surface area contributed by atoms with Crippen molar-refractivity contribution >= 4 is 24.5 Å². The van der Waals surface area contributed by atoms with Crippen molar-refractivity contribution in [3.8, 4) is 0 Å². The van der Waals surface area contributed by atoms with E-state index in [1.165, 1.54) is 6.92 Å². The Hall–Kier alpha value is -1.01. The molecule has 1 fully saturated rings. The number of carboxylic acids is 1. The van der Waals surface area contributed by atoms with Crippen LogP contribution in [0.1, 0.15) is 13.3 Å². The van der Waals surface area contributed by atoms with Gasteiger partial charge in [-0.15, -0.1) is 12.4 Å². The molecule has 0 aromatic heterocycles. The first-order valence-electron chi connectivity index (χ1n) is 3.87. The molecular weight excluding hydrogens is 212 g/mol. The van der Waals surface area contributed by atoms with Crippen molar-refractivity contribution in [2.24, 2.45) is 5.73 Å². The minimum atomic E-state index is -1.37. The standard InChI is InChI=1S/C7H12N2O4.ClH/c1-7(5(10)11)2-4(8)3-9(7)6(12)13;/h4H,2-3,8H2,1H3,(H,10,11)(H,12,13);1H. The normalized spacial score (nSPS) is 31.0. The van der Waals surface area contributed by atoms with E-state index in [0.717, 1.165) is 4.90 Å². The fraction of sp³-hybridized carbons (Fsp3) is 0.714. The monoisotopic (exact) mass is 224 g/mol. The van der Waals surface area contributed by atoms with Crippen LogP contribution in [0.25, 0.3) is 0 Å². The van der Waals surface area contributed by atoms with Gasteiger partial charge in [0.1, 0.15) is 5.54 Å². The summed E-state index contributed by atoms with van der Waals surface area (Å²) in [5.41, 5.74) is 4.14. The molecule has 4 N–H and O–H groups in total. The van der Waals surface area contributed by atoms with Gasteiger partial charge in [-0.1, -0.05) is 0 Å². The number of amides is 1. The van der Waals surface area contributed by atoms with Crippen molar-refractivity contribution in [2.75, 3.05) is 6.54 Å². The van der Waals surface area contributed by atoms with Crippen LogP contribution < -0.4 is 5.73 Å². The van der Waals surface area contributed by atoms with Crippen molar-refractivity contribution in [3.05, 3.63) is 0 Å². The number of hydrogen-bond donors (Lipinski definition) is 3. The third-order valence-corrected chi connectivity index (χ3v) is 2.36. The van der Waals surface area contributed by atoms with E-state index in [1.807, 2.05) is 0 Å². The minimum Gasteiger partial charge on any atom is -0.480 e. The van der Waals surface area contributed by atoms with Crippen LogP contribution in [-0.4, -0.2) is 45.3 Å². The highest BCUT2D eigenvalue weighted by Crippen LogP contribution is 2.28. The van der Waals surface area contributed by atoms with Crippen LogP contribution in [-0.2, 0) is 4.79 Å². The van der Waals surface area contributed by atoms with Crippen molar-refractivity contribution in [1.82, 2.24) is 4.90 Å². The van der Waals surface area contributed by atoms with E-state index in [4.69, 9.17) is 15.9 Å². The summed E-state index contributed by atoms with van der Waals surface area (Å²) >= 11 is 0. The van der Waals surface area contributed by atoms with Crippen molar-refractivity contribution in [2.45, 2.75) is 24.9 Å². The van der Waals surface area contributed by atoms with Crippen LogP contribution in [0.4, 0.5) is 4.79 Å². The minimum absolute atomic E-state index is 0. The molecule has 0 radical (unpaired) electrons. The van der Waals surface area contributed by atoms with E-state index < -0.39 is 23.6 Å². The number of nitrogens with two attached hydrogens (primary N) is 1. The number of carbonyl (C=O) groups is 2. The maximum atomic E-state index is 10.8. The molecule has 2 atom stereocenters. The van der Waals surface area contributed by atoms with Gasteiger partial charge in [-0.2, -0.15) is 0 Å². The second-order valence-electron chi connectivity index (χ2n) is 3.44. The van der Waals surface area contributed by atoms with Gasteiger partial charge in [-0.05, 0) is 13.3 Å². The highest BCUT2D eigenvalue weighted by atomic mass is 35.5. The number of rotatable bonds is 1. The smallest absolute Gasteiger partial charge is 0.408 e. The molecule has 1 amide bonds. The molecule has 0 aliphatic carbocycles. The second kappa shape index (κ2) is 4.02. The third kappa shape index (κ3) is 1.91. The van der Waals surface area contributed by atoms with Crippen molar-refractivity contribution in [3.63, 3.8) is 0 Å². The molecule has 1 aliphatic heterocycles. The lowest BCUT2D eigenvalue weighted by atomic mass is 9.98. The zero-order chi connectivity index (χ0) is 10.2. The summed E-state index contributed by atoms with van der Waals surface area (Å²) in [5.74, 6) is -1.15. The Bertz CT molecular complexity index is 260. The SMILES string of the molecule is CC1(C(=O)O)CC(N)CN1C(=O)O.Cl. The molecule has 2 unspecified atom stereocenters. The Kier molecular flexibility index (Phi) is 3.73. The lowest BCUT2D eigenvalue weighted by Gasteiger charge is -2.27. The Labute approximate surface area is 87.1 Å². The first kappa shape index (κ1) is 13.0. The average molecular weight is 225 g/mol. The van der Waals surface area contributed by atoms with E-state index in [-0.39, 0.29) is 25.4 Å². The Morgan fingerprint density at radius 3 is 2.29 bits per heavy atom. The van der Waals surface area contributed by atoms with Crippen LogP contribution in [0.5, 0.6) is 0 Å². The first-order chi connectivity index (χ1) is 5.88. The number of aliphatic carboxylic acids is 1. The van der Waals surface area contributed by atoms with Gasteiger partial charge in [0.05, 0.1) is 0 Å². The van der Waals surface area contributed by atoms with Crippen LogP contribution in [0.3, 0.4) is 0 Å². The number of halogens is 1. The van der Waals surface area contributed by atoms with Gasteiger partial charge in [-0.25, -0.2) is 9.59 Å². The number of hydrogen-bond acceptors (Lipinski definition) is 3. The van der Waals surface area contributed by atoms with Crippen molar-refractivity contribution in [1.29, 1.82) is 0 Å².